The summed E-state index contributed by atoms with van der Waals surface area (Å²) in [7, 11) is 0. The first-order valence-corrected chi connectivity index (χ1v) is 5.94. The first-order valence-electron chi connectivity index (χ1n) is 5.94. The van der Waals surface area contributed by atoms with Crippen molar-refractivity contribution in [2.75, 3.05) is 26.4 Å². The normalized spacial score (nSPS) is 19.9. The number of ether oxygens (including phenoxy) is 2. The van der Waals surface area contributed by atoms with E-state index in [9.17, 15) is 0 Å². The van der Waals surface area contributed by atoms with E-state index in [0.717, 1.165) is 18.9 Å². The van der Waals surface area contributed by atoms with E-state index < -0.39 is 0 Å². The van der Waals surface area contributed by atoms with Gasteiger partial charge < -0.3 is 14.8 Å². The summed E-state index contributed by atoms with van der Waals surface area (Å²) >= 11 is 0. The summed E-state index contributed by atoms with van der Waals surface area (Å²) < 4.78 is 11.1. The summed E-state index contributed by atoms with van der Waals surface area (Å²) in [6, 6.07) is 10.4. The van der Waals surface area contributed by atoms with Crippen LogP contribution in [0.2, 0.25) is 0 Å². The quantitative estimate of drug-likeness (QED) is 0.743. The van der Waals surface area contributed by atoms with E-state index in [-0.39, 0.29) is 0 Å². The third-order valence-electron chi connectivity index (χ3n) is 2.72. The second-order valence-electron chi connectivity index (χ2n) is 4.03. The highest BCUT2D eigenvalue weighted by molar-refractivity contribution is 5.20. The molecule has 0 radical (unpaired) electrons. The molecule has 1 N–H and O–H groups in total. The summed E-state index contributed by atoms with van der Waals surface area (Å²) in [5, 5.41) is 3.40. The maximum atomic E-state index is 5.55. The zero-order chi connectivity index (χ0) is 11.1. The highest BCUT2D eigenvalue weighted by atomic mass is 16.5. The molecule has 3 heteroatoms. The molecule has 1 unspecified atom stereocenters. The first-order chi connectivity index (χ1) is 7.95. The van der Waals surface area contributed by atoms with Gasteiger partial charge in [-0.25, -0.2) is 0 Å². The van der Waals surface area contributed by atoms with E-state index in [1.165, 1.54) is 12.8 Å². The molecule has 0 saturated carbocycles. The van der Waals surface area contributed by atoms with Crippen LogP contribution < -0.4 is 10.1 Å². The Morgan fingerprint density at radius 3 is 2.81 bits per heavy atom. The lowest BCUT2D eigenvalue weighted by atomic mass is 10.2. The second-order valence-corrected chi connectivity index (χ2v) is 4.03. The van der Waals surface area contributed by atoms with Gasteiger partial charge in [0.2, 0.25) is 0 Å². The molecule has 0 amide bonds. The lowest BCUT2D eigenvalue weighted by Gasteiger charge is -2.11. The number of nitrogens with one attached hydrogen (secondary N) is 1. The largest absolute Gasteiger partial charge is 0.491 e. The molecule has 1 aromatic carbocycles. The molecule has 1 aliphatic rings. The maximum absolute atomic E-state index is 5.55. The van der Waals surface area contributed by atoms with Crippen LogP contribution in [0, 0.1) is 0 Å². The summed E-state index contributed by atoms with van der Waals surface area (Å²) in [5.74, 6) is 0.907. The van der Waals surface area contributed by atoms with E-state index in [2.05, 4.69) is 5.32 Å². The Bertz CT molecular complexity index is 283. The predicted octanol–water partition coefficient (Wildman–Crippen LogP) is 1.83. The van der Waals surface area contributed by atoms with Gasteiger partial charge in [0.15, 0.2) is 0 Å². The number of rotatable bonds is 6. The van der Waals surface area contributed by atoms with Crippen molar-refractivity contribution in [3.63, 3.8) is 0 Å². The van der Waals surface area contributed by atoms with E-state index in [1.807, 2.05) is 30.3 Å². The Balaban J connectivity index is 1.52. The fourth-order valence-electron chi connectivity index (χ4n) is 1.86. The van der Waals surface area contributed by atoms with Crippen molar-refractivity contribution < 1.29 is 9.47 Å². The minimum atomic E-state index is 0.553. The van der Waals surface area contributed by atoms with Crippen LogP contribution in [-0.2, 0) is 4.74 Å². The minimum Gasteiger partial charge on any atom is -0.491 e. The van der Waals surface area contributed by atoms with E-state index in [1.54, 1.807) is 0 Å². The van der Waals surface area contributed by atoms with Crippen molar-refractivity contribution in [3.8, 4) is 5.75 Å². The van der Waals surface area contributed by atoms with Crippen LogP contribution in [0.25, 0.3) is 0 Å². The molecule has 1 aliphatic heterocycles. The van der Waals surface area contributed by atoms with Crippen LogP contribution in [0.5, 0.6) is 5.75 Å². The SMILES string of the molecule is c1ccc(OCCOCC2CCCN2)cc1. The molecule has 1 heterocycles. The summed E-state index contributed by atoms with van der Waals surface area (Å²) in [4.78, 5) is 0. The summed E-state index contributed by atoms with van der Waals surface area (Å²) in [5.41, 5.74) is 0. The van der Waals surface area contributed by atoms with Gasteiger partial charge in [-0.15, -0.1) is 0 Å². The molecule has 0 aliphatic carbocycles. The molecule has 1 fully saturated rings. The van der Waals surface area contributed by atoms with Crippen LogP contribution >= 0.6 is 0 Å². The number of hydrogen-bond donors (Lipinski definition) is 1. The van der Waals surface area contributed by atoms with Crippen molar-refractivity contribution in [3.05, 3.63) is 30.3 Å². The van der Waals surface area contributed by atoms with Crippen molar-refractivity contribution in [2.24, 2.45) is 0 Å². The Kier molecular flexibility index (Phi) is 4.65. The van der Waals surface area contributed by atoms with Gasteiger partial charge >= 0.3 is 0 Å². The molecule has 0 spiro atoms. The van der Waals surface area contributed by atoms with Crippen molar-refractivity contribution in [1.82, 2.24) is 5.32 Å². The zero-order valence-corrected chi connectivity index (χ0v) is 9.52. The minimum absolute atomic E-state index is 0.553. The zero-order valence-electron chi connectivity index (χ0n) is 9.52. The summed E-state index contributed by atoms with van der Waals surface area (Å²) in [6.45, 7) is 3.22. The summed E-state index contributed by atoms with van der Waals surface area (Å²) in [6.07, 6.45) is 2.51. The van der Waals surface area contributed by atoms with Gasteiger partial charge in [0.05, 0.1) is 13.2 Å². The average Bonchev–Trinajstić information content (AvgIpc) is 2.83. The Hall–Kier alpha value is -1.06. The molecular formula is C13H19NO2. The average molecular weight is 221 g/mol. The topological polar surface area (TPSA) is 30.5 Å². The predicted molar refractivity (Wildman–Crippen MR) is 63.8 cm³/mol. The highest BCUT2D eigenvalue weighted by Gasteiger charge is 2.13. The van der Waals surface area contributed by atoms with Crippen molar-refractivity contribution in [1.29, 1.82) is 0 Å². The van der Waals surface area contributed by atoms with Gasteiger partial charge in [0.1, 0.15) is 12.4 Å². The molecule has 2 rings (SSSR count). The monoisotopic (exact) mass is 221 g/mol. The molecule has 0 aromatic heterocycles. The fourth-order valence-corrected chi connectivity index (χ4v) is 1.86. The Morgan fingerprint density at radius 1 is 1.19 bits per heavy atom. The van der Waals surface area contributed by atoms with Crippen LogP contribution in [0.3, 0.4) is 0 Å². The van der Waals surface area contributed by atoms with Gasteiger partial charge in [-0.3, -0.25) is 0 Å². The first kappa shape index (κ1) is 11.4. The number of para-hydroxylation sites is 1. The maximum Gasteiger partial charge on any atom is 0.119 e. The second kappa shape index (κ2) is 6.51. The van der Waals surface area contributed by atoms with Gasteiger partial charge in [-0.05, 0) is 31.5 Å². The van der Waals surface area contributed by atoms with Crippen LogP contribution in [0.4, 0.5) is 0 Å². The van der Waals surface area contributed by atoms with Gasteiger partial charge in [0.25, 0.3) is 0 Å². The number of benzene rings is 1. The number of hydrogen-bond acceptors (Lipinski definition) is 3. The van der Waals surface area contributed by atoms with E-state index in [0.29, 0.717) is 19.3 Å². The Morgan fingerprint density at radius 2 is 2.06 bits per heavy atom. The Labute approximate surface area is 96.8 Å². The van der Waals surface area contributed by atoms with Gasteiger partial charge in [0, 0.05) is 6.04 Å². The molecule has 3 nitrogen and oxygen atoms in total. The fraction of sp³-hybridized carbons (Fsp3) is 0.538. The molecule has 88 valence electrons. The van der Waals surface area contributed by atoms with Gasteiger partial charge in [-0.1, -0.05) is 18.2 Å². The molecule has 1 aromatic rings. The third-order valence-corrected chi connectivity index (χ3v) is 2.72. The lowest BCUT2D eigenvalue weighted by Crippen LogP contribution is -2.27. The van der Waals surface area contributed by atoms with E-state index >= 15 is 0 Å². The van der Waals surface area contributed by atoms with Crippen LogP contribution in [-0.4, -0.2) is 32.4 Å². The molecule has 0 bridgehead atoms. The van der Waals surface area contributed by atoms with Crippen molar-refractivity contribution >= 4 is 0 Å². The van der Waals surface area contributed by atoms with Gasteiger partial charge in [-0.2, -0.15) is 0 Å². The molecular weight excluding hydrogens is 202 g/mol. The van der Waals surface area contributed by atoms with Crippen LogP contribution in [0.1, 0.15) is 12.8 Å². The third kappa shape index (κ3) is 3.83. The lowest BCUT2D eigenvalue weighted by molar-refractivity contribution is 0.0870. The van der Waals surface area contributed by atoms with Crippen LogP contribution in [0.15, 0.2) is 30.3 Å². The molecule has 16 heavy (non-hydrogen) atoms. The smallest absolute Gasteiger partial charge is 0.119 e. The standard InChI is InChI=1S/C13H19NO2/c1-2-6-13(7-3-1)16-10-9-15-11-12-5-4-8-14-12/h1-3,6-7,12,14H,4-5,8-11H2. The van der Waals surface area contributed by atoms with E-state index in [4.69, 9.17) is 9.47 Å². The van der Waals surface area contributed by atoms with Crippen molar-refractivity contribution in [2.45, 2.75) is 18.9 Å². The molecule has 1 atom stereocenters. The highest BCUT2D eigenvalue weighted by Crippen LogP contribution is 2.08. The molecule has 1 saturated heterocycles.